The van der Waals surface area contributed by atoms with Crippen LogP contribution in [0.25, 0.3) is 0 Å². The van der Waals surface area contributed by atoms with E-state index >= 15 is 0 Å². The van der Waals surface area contributed by atoms with Crippen molar-refractivity contribution in [3.05, 3.63) is 23.9 Å². The molecule has 0 radical (unpaired) electrons. The second-order valence-electron chi connectivity index (χ2n) is 4.74. The number of nitrogens with one attached hydrogen (secondary N) is 1. The van der Waals surface area contributed by atoms with Gasteiger partial charge in [-0.25, -0.2) is 4.98 Å². The van der Waals surface area contributed by atoms with E-state index in [0.29, 0.717) is 6.04 Å². The normalized spacial score (nSPS) is 12.9. The Morgan fingerprint density at radius 3 is 2.60 bits per heavy atom. The van der Waals surface area contributed by atoms with Crippen molar-refractivity contribution in [1.29, 1.82) is 0 Å². The first kappa shape index (κ1) is 12.0. The molecule has 0 saturated heterocycles. The van der Waals surface area contributed by atoms with Crippen LogP contribution >= 0.6 is 0 Å². The third-order valence-electron chi connectivity index (χ3n) is 2.49. The molecule has 0 amide bonds. The molecule has 1 atom stereocenters. The average Bonchev–Trinajstić information content (AvgIpc) is 2.15. The van der Waals surface area contributed by atoms with Crippen LogP contribution in [0.3, 0.4) is 0 Å². The van der Waals surface area contributed by atoms with Crippen LogP contribution in [0.1, 0.15) is 39.2 Å². The molecule has 0 aliphatic heterocycles. The van der Waals surface area contributed by atoms with Gasteiger partial charge in [0.15, 0.2) is 0 Å². The number of aromatic nitrogens is 1. The zero-order valence-corrected chi connectivity index (χ0v) is 10.2. The lowest BCUT2D eigenvalue weighted by Crippen LogP contribution is -2.16. The average molecular weight is 206 g/mol. The molecule has 0 spiro atoms. The molecule has 15 heavy (non-hydrogen) atoms. The molecular formula is C13H22N2. The number of pyridine rings is 1. The Morgan fingerprint density at radius 2 is 2.00 bits per heavy atom. The highest BCUT2D eigenvalue weighted by Gasteiger charge is 2.04. The van der Waals surface area contributed by atoms with Gasteiger partial charge in [0.2, 0.25) is 0 Å². The van der Waals surface area contributed by atoms with Crippen molar-refractivity contribution in [3.63, 3.8) is 0 Å². The van der Waals surface area contributed by atoms with E-state index in [1.807, 2.05) is 12.3 Å². The first-order chi connectivity index (χ1) is 7.08. The van der Waals surface area contributed by atoms with Gasteiger partial charge in [-0.2, -0.15) is 0 Å². The van der Waals surface area contributed by atoms with Crippen molar-refractivity contribution < 1.29 is 0 Å². The number of hydrogen-bond donors (Lipinski definition) is 1. The van der Waals surface area contributed by atoms with E-state index in [4.69, 9.17) is 0 Å². The van der Waals surface area contributed by atoms with Gasteiger partial charge in [0.25, 0.3) is 0 Å². The number of anilines is 1. The lowest BCUT2D eigenvalue weighted by molar-refractivity contribution is 0.527. The van der Waals surface area contributed by atoms with Gasteiger partial charge in [0.05, 0.1) is 0 Å². The van der Waals surface area contributed by atoms with Crippen molar-refractivity contribution in [2.45, 2.75) is 46.6 Å². The lowest BCUT2D eigenvalue weighted by atomic mass is 10.0. The first-order valence-electron chi connectivity index (χ1n) is 5.77. The SMILES string of the molecule is Cc1ccnc(NC(C)CCC(C)C)c1. The molecule has 0 saturated carbocycles. The van der Waals surface area contributed by atoms with Gasteiger partial charge in [-0.1, -0.05) is 13.8 Å². The fourth-order valence-electron chi connectivity index (χ4n) is 1.52. The minimum absolute atomic E-state index is 0.502. The van der Waals surface area contributed by atoms with Crippen molar-refractivity contribution in [1.82, 2.24) is 4.98 Å². The monoisotopic (exact) mass is 206 g/mol. The summed E-state index contributed by atoms with van der Waals surface area (Å²) in [6.07, 6.45) is 4.32. The summed E-state index contributed by atoms with van der Waals surface area (Å²) in [6.45, 7) is 8.83. The number of nitrogens with zero attached hydrogens (tertiary/aromatic N) is 1. The predicted molar refractivity (Wildman–Crippen MR) is 66.1 cm³/mol. The molecule has 1 aromatic rings. The molecule has 1 unspecified atom stereocenters. The molecule has 0 aliphatic carbocycles. The van der Waals surface area contributed by atoms with Crippen LogP contribution in [-0.2, 0) is 0 Å². The summed E-state index contributed by atoms with van der Waals surface area (Å²) in [5, 5.41) is 3.43. The van der Waals surface area contributed by atoms with Crippen LogP contribution in [-0.4, -0.2) is 11.0 Å². The maximum absolute atomic E-state index is 4.30. The topological polar surface area (TPSA) is 24.9 Å². The Morgan fingerprint density at radius 1 is 1.27 bits per heavy atom. The minimum atomic E-state index is 0.502. The van der Waals surface area contributed by atoms with Crippen LogP contribution in [0, 0.1) is 12.8 Å². The van der Waals surface area contributed by atoms with Crippen LogP contribution in [0.5, 0.6) is 0 Å². The summed E-state index contributed by atoms with van der Waals surface area (Å²) in [7, 11) is 0. The van der Waals surface area contributed by atoms with Gasteiger partial charge in [0, 0.05) is 12.2 Å². The number of hydrogen-bond acceptors (Lipinski definition) is 2. The molecule has 1 rings (SSSR count). The molecule has 0 aromatic carbocycles. The number of rotatable bonds is 5. The highest BCUT2D eigenvalue weighted by Crippen LogP contribution is 2.12. The molecular weight excluding hydrogens is 184 g/mol. The van der Waals surface area contributed by atoms with E-state index in [1.54, 1.807) is 0 Å². The summed E-state index contributed by atoms with van der Waals surface area (Å²) >= 11 is 0. The first-order valence-corrected chi connectivity index (χ1v) is 5.77. The highest BCUT2D eigenvalue weighted by molar-refractivity contribution is 5.37. The van der Waals surface area contributed by atoms with Gasteiger partial charge >= 0.3 is 0 Å². The Hall–Kier alpha value is -1.05. The molecule has 0 aliphatic rings. The van der Waals surface area contributed by atoms with E-state index in [1.165, 1.54) is 18.4 Å². The van der Waals surface area contributed by atoms with Crippen molar-refractivity contribution in [2.24, 2.45) is 5.92 Å². The Bertz CT molecular complexity index is 294. The van der Waals surface area contributed by atoms with Gasteiger partial charge in [-0.05, 0) is 50.3 Å². The third kappa shape index (κ3) is 4.82. The largest absolute Gasteiger partial charge is 0.368 e. The van der Waals surface area contributed by atoms with Gasteiger partial charge in [0.1, 0.15) is 5.82 Å². The summed E-state index contributed by atoms with van der Waals surface area (Å²) in [6, 6.07) is 4.61. The zero-order chi connectivity index (χ0) is 11.3. The standard InChI is InChI=1S/C13H22N2/c1-10(2)5-6-12(4)15-13-9-11(3)7-8-14-13/h7-10,12H,5-6H2,1-4H3,(H,14,15). The molecule has 1 heterocycles. The smallest absolute Gasteiger partial charge is 0.126 e. The third-order valence-corrected chi connectivity index (χ3v) is 2.49. The summed E-state index contributed by atoms with van der Waals surface area (Å²) in [5.74, 6) is 1.77. The maximum atomic E-state index is 4.30. The second-order valence-corrected chi connectivity index (χ2v) is 4.74. The second kappa shape index (κ2) is 5.74. The van der Waals surface area contributed by atoms with E-state index in [-0.39, 0.29) is 0 Å². The molecule has 2 nitrogen and oxygen atoms in total. The quantitative estimate of drug-likeness (QED) is 0.795. The molecule has 0 bridgehead atoms. The highest BCUT2D eigenvalue weighted by atomic mass is 15.0. The Kier molecular flexibility index (Phi) is 4.60. The lowest BCUT2D eigenvalue weighted by Gasteiger charge is -2.15. The fourth-order valence-corrected chi connectivity index (χ4v) is 1.52. The Balaban J connectivity index is 2.40. The van der Waals surface area contributed by atoms with Crippen LogP contribution in [0.15, 0.2) is 18.3 Å². The van der Waals surface area contributed by atoms with E-state index < -0.39 is 0 Å². The van der Waals surface area contributed by atoms with Crippen molar-refractivity contribution in [2.75, 3.05) is 5.32 Å². The fraction of sp³-hybridized carbons (Fsp3) is 0.615. The van der Waals surface area contributed by atoms with Crippen molar-refractivity contribution in [3.8, 4) is 0 Å². The van der Waals surface area contributed by atoms with E-state index in [9.17, 15) is 0 Å². The zero-order valence-electron chi connectivity index (χ0n) is 10.2. The van der Waals surface area contributed by atoms with Crippen LogP contribution < -0.4 is 5.32 Å². The van der Waals surface area contributed by atoms with E-state index in [0.717, 1.165) is 11.7 Å². The van der Waals surface area contributed by atoms with E-state index in [2.05, 4.69) is 44.1 Å². The molecule has 84 valence electrons. The summed E-state index contributed by atoms with van der Waals surface area (Å²) in [4.78, 5) is 4.30. The minimum Gasteiger partial charge on any atom is -0.368 e. The molecule has 2 heteroatoms. The summed E-state index contributed by atoms with van der Waals surface area (Å²) < 4.78 is 0. The van der Waals surface area contributed by atoms with Gasteiger partial charge in [-0.15, -0.1) is 0 Å². The van der Waals surface area contributed by atoms with Crippen LogP contribution in [0.2, 0.25) is 0 Å². The summed E-state index contributed by atoms with van der Waals surface area (Å²) in [5.41, 5.74) is 1.25. The molecule has 1 aromatic heterocycles. The molecule has 1 N–H and O–H groups in total. The predicted octanol–water partition coefficient (Wildman–Crippen LogP) is 3.63. The number of aryl methyl sites for hydroxylation is 1. The molecule has 0 fully saturated rings. The van der Waals surface area contributed by atoms with Crippen LogP contribution in [0.4, 0.5) is 5.82 Å². The Labute approximate surface area is 93.1 Å². The van der Waals surface area contributed by atoms with Crippen molar-refractivity contribution >= 4 is 5.82 Å². The van der Waals surface area contributed by atoms with Gasteiger partial charge < -0.3 is 5.32 Å². The van der Waals surface area contributed by atoms with Gasteiger partial charge in [-0.3, -0.25) is 0 Å². The maximum Gasteiger partial charge on any atom is 0.126 e.